The molecule has 2 aliphatic rings. The van der Waals surface area contributed by atoms with Crippen LogP contribution < -0.4 is 26.6 Å². The van der Waals surface area contributed by atoms with Crippen LogP contribution in [0.3, 0.4) is 0 Å². The Morgan fingerprint density at radius 3 is 1.65 bits per heavy atom. The van der Waals surface area contributed by atoms with Gasteiger partial charge in [0.25, 0.3) is 0 Å². The second-order valence-electron chi connectivity index (χ2n) is 24.1. The van der Waals surface area contributed by atoms with E-state index in [4.69, 9.17) is 18.9 Å². The third kappa shape index (κ3) is 21.1. The van der Waals surface area contributed by atoms with Crippen LogP contribution in [0.2, 0.25) is 0 Å². The zero-order valence-corrected chi connectivity index (χ0v) is 49.5. The SMILES string of the molecule is CC(C)CC(NC(=O)C(Cc1ccccc1)NC(=O)CN(CC1(c2ccccc2)CC1)C(=O)OC(C)(C)C)C(=O)NC(CCCCNC(=O)OC(C)(C)C)C(=O)N1CCC(NC(=O)OCc2ccccc2)(C(=O)OCc2ccccc2)CC1. The quantitative estimate of drug-likeness (QED) is 0.0226. The van der Waals surface area contributed by atoms with Gasteiger partial charge in [-0.25, -0.2) is 19.2 Å². The summed E-state index contributed by atoms with van der Waals surface area (Å²) in [6.07, 6.45) is 0.525. The van der Waals surface area contributed by atoms with Crippen LogP contribution in [0.4, 0.5) is 14.4 Å². The van der Waals surface area contributed by atoms with Crippen molar-refractivity contribution >= 4 is 47.9 Å². The first kappa shape index (κ1) is 64.2. The predicted octanol–water partition coefficient (Wildman–Crippen LogP) is 8.42. The van der Waals surface area contributed by atoms with Crippen molar-refractivity contribution in [1.29, 1.82) is 0 Å². The highest BCUT2D eigenvalue weighted by molar-refractivity contribution is 5.95. The van der Waals surface area contributed by atoms with Crippen LogP contribution in [0.5, 0.6) is 0 Å². The molecule has 19 heteroatoms. The van der Waals surface area contributed by atoms with Gasteiger partial charge in [0.1, 0.15) is 54.6 Å². The molecule has 4 aromatic rings. The second-order valence-corrected chi connectivity index (χ2v) is 24.1. The maximum Gasteiger partial charge on any atom is 0.410 e. The van der Waals surface area contributed by atoms with Crippen molar-refractivity contribution in [2.24, 2.45) is 5.92 Å². The maximum atomic E-state index is 14.8. The van der Waals surface area contributed by atoms with Crippen molar-refractivity contribution in [3.05, 3.63) is 144 Å². The van der Waals surface area contributed by atoms with E-state index in [0.717, 1.165) is 35.1 Å². The molecular formula is C64H85N7O12. The molecule has 0 radical (unpaired) electrons. The first-order valence-electron chi connectivity index (χ1n) is 28.8. The van der Waals surface area contributed by atoms with Crippen LogP contribution in [-0.4, -0.2) is 125 Å². The largest absolute Gasteiger partial charge is 0.459 e. The van der Waals surface area contributed by atoms with Gasteiger partial charge >= 0.3 is 24.2 Å². The Labute approximate surface area is 488 Å². The summed E-state index contributed by atoms with van der Waals surface area (Å²) in [6, 6.07) is 33.6. The van der Waals surface area contributed by atoms with E-state index in [1.54, 1.807) is 53.7 Å². The zero-order chi connectivity index (χ0) is 60.2. The summed E-state index contributed by atoms with van der Waals surface area (Å²) in [4.78, 5) is 115. The van der Waals surface area contributed by atoms with Crippen LogP contribution in [0, 0.1) is 5.92 Å². The Balaban J connectivity index is 1.20. The van der Waals surface area contributed by atoms with Gasteiger partial charge in [-0.15, -0.1) is 0 Å². The van der Waals surface area contributed by atoms with E-state index in [2.05, 4.69) is 26.6 Å². The molecule has 5 N–H and O–H groups in total. The number of piperidine rings is 1. The Morgan fingerprint density at radius 1 is 0.590 bits per heavy atom. The molecule has 1 aliphatic carbocycles. The summed E-state index contributed by atoms with van der Waals surface area (Å²) in [7, 11) is 0. The minimum Gasteiger partial charge on any atom is -0.459 e. The smallest absolute Gasteiger partial charge is 0.410 e. The monoisotopic (exact) mass is 1140 g/mol. The number of esters is 1. The van der Waals surface area contributed by atoms with E-state index in [1.807, 2.05) is 123 Å². The average Bonchev–Trinajstić information content (AvgIpc) is 4.33. The lowest BCUT2D eigenvalue weighted by Crippen LogP contribution is -2.63. The van der Waals surface area contributed by atoms with Crippen molar-refractivity contribution in [2.75, 3.05) is 32.7 Å². The van der Waals surface area contributed by atoms with Crippen molar-refractivity contribution < 1.29 is 57.3 Å². The molecule has 19 nitrogen and oxygen atoms in total. The van der Waals surface area contributed by atoms with Gasteiger partial charge in [0, 0.05) is 38.0 Å². The number of hydrogen-bond acceptors (Lipinski definition) is 12. The summed E-state index contributed by atoms with van der Waals surface area (Å²) in [5.74, 6) is -3.21. The van der Waals surface area contributed by atoms with Crippen LogP contribution in [0.1, 0.15) is 129 Å². The number of nitrogens with one attached hydrogen (secondary N) is 5. The topological polar surface area (TPSA) is 240 Å². The molecule has 3 unspecified atom stereocenters. The average molecular weight is 1140 g/mol. The molecule has 0 spiro atoms. The van der Waals surface area contributed by atoms with Crippen molar-refractivity contribution in [2.45, 2.75) is 167 Å². The van der Waals surface area contributed by atoms with Crippen LogP contribution in [-0.2, 0) is 68.0 Å². The summed E-state index contributed by atoms with van der Waals surface area (Å²) >= 11 is 0. The van der Waals surface area contributed by atoms with Gasteiger partial charge in [-0.1, -0.05) is 135 Å². The molecule has 448 valence electrons. The Bertz CT molecular complexity index is 2780. The third-order valence-corrected chi connectivity index (χ3v) is 14.3. The lowest BCUT2D eigenvalue weighted by atomic mass is 9.87. The number of carbonyl (C=O) groups excluding carboxylic acids is 8. The first-order chi connectivity index (χ1) is 39.4. The standard InChI is InChI=1S/C64H85N7O12/c1-45(2)39-51(68-55(74)52(40-46-23-13-9-14-24-46)66-53(72)41-71(60(79)83-62(6,7)8)44-63(32-33-63)49-29-19-12-20-30-49)54(73)67-50(31-21-22-36-65-58(77)82-61(3,4)5)56(75)70-37-34-64(35-38-70,57(76)80-42-47-25-15-10-16-26-47)69-59(78)81-43-48-27-17-11-18-28-48/h9-20,23-30,45,50-52H,21-22,31-44H2,1-8H3,(H,65,77)(H,66,72)(H,67,73)(H,68,74)(H,69,78). The molecule has 2 fully saturated rings. The van der Waals surface area contributed by atoms with Crippen molar-refractivity contribution in [3.8, 4) is 0 Å². The molecular weight excluding hydrogens is 1060 g/mol. The van der Waals surface area contributed by atoms with Crippen LogP contribution >= 0.6 is 0 Å². The molecule has 1 saturated carbocycles. The number of likely N-dealkylation sites (tertiary alicyclic amines) is 1. The van der Waals surface area contributed by atoms with Crippen LogP contribution in [0.15, 0.2) is 121 Å². The van der Waals surface area contributed by atoms with E-state index in [-0.39, 0.29) is 82.8 Å². The zero-order valence-electron chi connectivity index (χ0n) is 49.5. The summed E-state index contributed by atoms with van der Waals surface area (Å²) < 4.78 is 22.5. The lowest BCUT2D eigenvalue weighted by Gasteiger charge is -2.41. The molecule has 1 aliphatic heterocycles. The van der Waals surface area contributed by atoms with E-state index in [9.17, 15) is 38.4 Å². The predicted molar refractivity (Wildman–Crippen MR) is 313 cm³/mol. The maximum absolute atomic E-state index is 14.8. The van der Waals surface area contributed by atoms with Crippen molar-refractivity contribution in [3.63, 3.8) is 0 Å². The van der Waals surface area contributed by atoms with Gasteiger partial charge in [-0.2, -0.15) is 0 Å². The number of nitrogens with zero attached hydrogens (tertiary/aromatic N) is 2. The van der Waals surface area contributed by atoms with E-state index < -0.39 is 89.3 Å². The fourth-order valence-corrected chi connectivity index (χ4v) is 9.84. The molecule has 3 atom stereocenters. The van der Waals surface area contributed by atoms with Gasteiger partial charge in [-0.3, -0.25) is 24.1 Å². The number of carbonyl (C=O) groups is 8. The molecule has 83 heavy (non-hydrogen) atoms. The third-order valence-electron chi connectivity index (χ3n) is 14.3. The van der Waals surface area contributed by atoms with Gasteiger partial charge in [0.2, 0.25) is 23.6 Å². The summed E-state index contributed by atoms with van der Waals surface area (Å²) in [5, 5.41) is 14.2. The summed E-state index contributed by atoms with van der Waals surface area (Å²) in [6.45, 7) is 14.2. The Hall–Kier alpha value is -7.96. The van der Waals surface area contributed by atoms with Gasteiger partial charge in [0.05, 0.1) is 0 Å². The van der Waals surface area contributed by atoms with E-state index >= 15 is 0 Å². The molecule has 1 heterocycles. The van der Waals surface area contributed by atoms with Gasteiger partial charge in [0.15, 0.2) is 0 Å². The molecule has 0 bridgehead atoms. The lowest BCUT2D eigenvalue weighted by molar-refractivity contribution is -0.157. The number of ether oxygens (including phenoxy) is 4. The fourth-order valence-electron chi connectivity index (χ4n) is 9.84. The number of benzene rings is 4. The molecule has 7 amide bonds. The number of alkyl carbamates (subject to hydrolysis) is 2. The highest BCUT2D eigenvalue weighted by atomic mass is 16.6. The normalized spacial score (nSPS) is 15.5. The molecule has 4 aromatic carbocycles. The summed E-state index contributed by atoms with van der Waals surface area (Å²) in [5.41, 5.74) is -0.247. The van der Waals surface area contributed by atoms with E-state index in [0.29, 0.717) is 12.8 Å². The van der Waals surface area contributed by atoms with E-state index in [1.165, 1.54) is 9.80 Å². The number of hydrogen-bond donors (Lipinski definition) is 5. The molecule has 1 saturated heterocycles. The highest BCUT2D eigenvalue weighted by Crippen LogP contribution is 2.48. The van der Waals surface area contributed by atoms with Crippen LogP contribution in [0.25, 0.3) is 0 Å². The highest BCUT2D eigenvalue weighted by Gasteiger charge is 2.48. The van der Waals surface area contributed by atoms with Gasteiger partial charge in [-0.05, 0) is 121 Å². The number of amides is 7. The molecule has 0 aromatic heterocycles. The molecule has 6 rings (SSSR count). The second kappa shape index (κ2) is 29.8. The fraction of sp³-hybridized carbons (Fsp3) is 0.500. The Morgan fingerprint density at radius 2 is 1.11 bits per heavy atom. The first-order valence-corrected chi connectivity index (χ1v) is 28.8. The minimum atomic E-state index is -1.57. The van der Waals surface area contributed by atoms with Gasteiger partial charge < -0.3 is 50.4 Å². The number of rotatable bonds is 26. The van der Waals surface area contributed by atoms with Crippen molar-refractivity contribution in [1.82, 2.24) is 36.4 Å². The Kier molecular flexibility index (Phi) is 23.1. The minimum absolute atomic E-state index is 0.0174. The number of unbranched alkanes of at least 4 members (excludes halogenated alkanes) is 1.